The van der Waals surface area contributed by atoms with E-state index in [0.29, 0.717) is 36.0 Å². The maximum atomic E-state index is 12.3. The summed E-state index contributed by atoms with van der Waals surface area (Å²) < 4.78 is 31.0. The smallest absolute Gasteiger partial charge is 0.248 e. The molecule has 2 aromatic carbocycles. The monoisotopic (exact) mass is 418 g/mol. The number of hydrogen-bond acceptors (Lipinski definition) is 4. The number of amides is 1. The zero-order valence-corrected chi connectivity index (χ0v) is 16.6. The number of fused-ring (bicyclic) bond motifs is 1. The first-order chi connectivity index (χ1) is 13.4. The van der Waals surface area contributed by atoms with Crippen LogP contribution in [-0.4, -0.2) is 33.2 Å². The van der Waals surface area contributed by atoms with Crippen LogP contribution in [0, 0.1) is 0 Å². The molecule has 0 radical (unpaired) electrons. The molecule has 2 aliphatic heterocycles. The Morgan fingerprint density at radius 3 is 2.86 bits per heavy atom. The van der Waals surface area contributed by atoms with Gasteiger partial charge in [0.1, 0.15) is 5.75 Å². The molecule has 146 valence electrons. The Morgan fingerprint density at radius 2 is 2.07 bits per heavy atom. The van der Waals surface area contributed by atoms with Crippen molar-refractivity contribution in [2.45, 2.75) is 12.8 Å². The SMILES string of the molecule is O=C(C=Cc1ccc2c(c1)CCO2)Nc1cc(N2CCCS2(=O)=O)ccc1Cl. The highest BCUT2D eigenvalue weighted by molar-refractivity contribution is 7.93. The lowest BCUT2D eigenvalue weighted by Crippen LogP contribution is -2.25. The lowest BCUT2D eigenvalue weighted by Gasteiger charge is -2.18. The summed E-state index contributed by atoms with van der Waals surface area (Å²) in [6.07, 6.45) is 4.59. The number of nitrogens with zero attached hydrogens (tertiary/aromatic N) is 1. The molecule has 1 saturated heterocycles. The van der Waals surface area contributed by atoms with Crippen molar-refractivity contribution in [1.82, 2.24) is 0 Å². The molecule has 4 rings (SSSR count). The summed E-state index contributed by atoms with van der Waals surface area (Å²) in [6.45, 7) is 1.11. The van der Waals surface area contributed by atoms with Gasteiger partial charge in [-0.15, -0.1) is 0 Å². The molecule has 8 heteroatoms. The number of anilines is 2. The molecule has 0 unspecified atom stereocenters. The second-order valence-electron chi connectivity index (χ2n) is 6.69. The van der Waals surface area contributed by atoms with Crippen molar-refractivity contribution >= 4 is 45.0 Å². The Labute approximate surface area is 168 Å². The van der Waals surface area contributed by atoms with Crippen molar-refractivity contribution in [3.8, 4) is 5.75 Å². The van der Waals surface area contributed by atoms with Gasteiger partial charge in [0.05, 0.1) is 28.8 Å². The zero-order chi connectivity index (χ0) is 19.7. The molecule has 2 heterocycles. The Balaban J connectivity index is 1.49. The standard InChI is InChI=1S/C20H19ClN2O4S/c21-17-5-4-16(23-9-1-11-28(23,25)26)13-18(17)22-20(24)7-3-14-2-6-19-15(12-14)8-10-27-19/h2-7,12-13H,1,8-11H2,(H,22,24). The molecule has 1 amide bonds. The summed E-state index contributed by atoms with van der Waals surface area (Å²) in [6, 6.07) is 10.6. The van der Waals surface area contributed by atoms with E-state index in [0.717, 1.165) is 23.3 Å². The number of ether oxygens (including phenoxy) is 1. The number of halogens is 1. The third-order valence-corrected chi connectivity index (χ3v) is 6.93. The van der Waals surface area contributed by atoms with Crippen LogP contribution in [0.15, 0.2) is 42.5 Å². The summed E-state index contributed by atoms with van der Waals surface area (Å²) in [5.74, 6) is 0.674. The molecule has 0 aliphatic carbocycles. The Kier molecular flexibility index (Phi) is 5.03. The molecule has 1 fully saturated rings. The van der Waals surface area contributed by atoms with Crippen molar-refractivity contribution in [3.05, 3.63) is 58.6 Å². The van der Waals surface area contributed by atoms with E-state index in [1.54, 1.807) is 24.3 Å². The van der Waals surface area contributed by atoms with Gasteiger partial charge in [0.2, 0.25) is 15.9 Å². The molecule has 0 atom stereocenters. The average Bonchev–Trinajstić information content (AvgIpc) is 3.27. The van der Waals surface area contributed by atoms with Crippen molar-refractivity contribution in [2.24, 2.45) is 0 Å². The zero-order valence-electron chi connectivity index (χ0n) is 15.0. The number of carbonyl (C=O) groups excluding carboxylic acids is 1. The highest BCUT2D eigenvalue weighted by Crippen LogP contribution is 2.31. The van der Waals surface area contributed by atoms with E-state index in [9.17, 15) is 13.2 Å². The average molecular weight is 419 g/mol. The predicted octanol–water partition coefficient (Wildman–Crippen LogP) is 3.47. The summed E-state index contributed by atoms with van der Waals surface area (Å²) in [5.41, 5.74) is 2.91. The van der Waals surface area contributed by atoms with Gasteiger partial charge in [0.15, 0.2) is 0 Å². The lowest BCUT2D eigenvalue weighted by atomic mass is 10.1. The van der Waals surface area contributed by atoms with Gasteiger partial charge in [-0.05, 0) is 54.0 Å². The minimum absolute atomic E-state index is 0.131. The van der Waals surface area contributed by atoms with E-state index < -0.39 is 10.0 Å². The Hall–Kier alpha value is -2.51. The van der Waals surface area contributed by atoms with Crippen LogP contribution in [0.4, 0.5) is 11.4 Å². The van der Waals surface area contributed by atoms with E-state index in [-0.39, 0.29) is 11.7 Å². The third-order valence-electron chi connectivity index (χ3n) is 4.74. The number of rotatable bonds is 4. The maximum Gasteiger partial charge on any atom is 0.248 e. The molecule has 2 aliphatic rings. The van der Waals surface area contributed by atoms with Crippen LogP contribution >= 0.6 is 11.6 Å². The van der Waals surface area contributed by atoms with Gasteiger partial charge in [-0.2, -0.15) is 0 Å². The van der Waals surface area contributed by atoms with Gasteiger partial charge in [-0.3, -0.25) is 9.10 Å². The number of carbonyl (C=O) groups is 1. The molecule has 2 aromatic rings. The molecular weight excluding hydrogens is 400 g/mol. The second kappa shape index (κ2) is 7.48. The Morgan fingerprint density at radius 1 is 1.21 bits per heavy atom. The normalized spacial score (nSPS) is 17.5. The van der Waals surface area contributed by atoms with Gasteiger partial charge in [0, 0.05) is 19.0 Å². The van der Waals surface area contributed by atoms with Crippen molar-refractivity contribution < 1.29 is 17.9 Å². The molecule has 0 spiro atoms. The van der Waals surface area contributed by atoms with Gasteiger partial charge < -0.3 is 10.1 Å². The topological polar surface area (TPSA) is 75.7 Å². The highest BCUT2D eigenvalue weighted by Gasteiger charge is 2.28. The van der Waals surface area contributed by atoms with Gasteiger partial charge in [-0.25, -0.2) is 8.42 Å². The molecule has 1 N–H and O–H groups in total. The second-order valence-corrected chi connectivity index (χ2v) is 9.11. The first-order valence-electron chi connectivity index (χ1n) is 8.97. The third kappa shape index (κ3) is 3.86. The molecular formula is C20H19ClN2O4S. The van der Waals surface area contributed by atoms with Crippen LogP contribution in [0.1, 0.15) is 17.5 Å². The Bertz CT molecular complexity index is 1070. The van der Waals surface area contributed by atoms with Crippen LogP contribution < -0.4 is 14.4 Å². The van der Waals surface area contributed by atoms with Gasteiger partial charge >= 0.3 is 0 Å². The van der Waals surface area contributed by atoms with Crippen LogP contribution in [0.2, 0.25) is 5.02 Å². The van der Waals surface area contributed by atoms with Gasteiger partial charge in [0.25, 0.3) is 0 Å². The number of nitrogens with one attached hydrogen (secondary N) is 1. The van der Waals surface area contributed by atoms with Crippen LogP contribution in [0.25, 0.3) is 6.08 Å². The van der Waals surface area contributed by atoms with Crippen molar-refractivity contribution in [1.29, 1.82) is 0 Å². The molecule has 6 nitrogen and oxygen atoms in total. The maximum absolute atomic E-state index is 12.3. The first kappa shape index (κ1) is 18.8. The fraction of sp³-hybridized carbons (Fsp3) is 0.250. The fourth-order valence-corrected chi connectivity index (χ4v) is 5.07. The fourth-order valence-electron chi connectivity index (χ4n) is 3.35. The summed E-state index contributed by atoms with van der Waals surface area (Å²) in [5, 5.41) is 3.06. The van der Waals surface area contributed by atoms with E-state index >= 15 is 0 Å². The van der Waals surface area contributed by atoms with Crippen molar-refractivity contribution in [3.63, 3.8) is 0 Å². The minimum Gasteiger partial charge on any atom is -0.493 e. The number of hydrogen-bond donors (Lipinski definition) is 1. The number of benzene rings is 2. The molecule has 0 saturated carbocycles. The molecule has 0 aromatic heterocycles. The summed E-state index contributed by atoms with van der Waals surface area (Å²) >= 11 is 6.18. The molecule has 0 bridgehead atoms. The highest BCUT2D eigenvalue weighted by atomic mass is 35.5. The predicted molar refractivity (Wildman–Crippen MR) is 111 cm³/mol. The van der Waals surface area contributed by atoms with Crippen LogP contribution in [0.5, 0.6) is 5.75 Å². The van der Waals surface area contributed by atoms with Crippen molar-refractivity contribution in [2.75, 3.05) is 28.5 Å². The van der Waals surface area contributed by atoms with Gasteiger partial charge in [-0.1, -0.05) is 17.7 Å². The van der Waals surface area contributed by atoms with E-state index in [4.69, 9.17) is 16.3 Å². The largest absolute Gasteiger partial charge is 0.493 e. The summed E-state index contributed by atoms with van der Waals surface area (Å²) in [4.78, 5) is 12.3. The van der Waals surface area contributed by atoms with Crippen LogP contribution in [-0.2, 0) is 21.2 Å². The van der Waals surface area contributed by atoms with E-state index in [2.05, 4.69) is 5.32 Å². The molecule has 28 heavy (non-hydrogen) atoms. The van der Waals surface area contributed by atoms with E-state index in [1.807, 2.05) is 18.2 Å². The number of sulfonamides is 1. The van der Waals surface area contributed by atoms with E-state index in [1.165, 1.54) is 10.4 Å². The quantitative estimate of drug-likeness (QED) is 0.771. The first-order valence-corrected chi connectivity index (χ1v) is 11.0. The summed E-state index contributed by atoms with van der Waals surface area (Å²) in [7, 11) is -3.30. The lowest BCUT2D eigenvalue weighted by molar-refractivity contribution is -0.111. The van der Waals surface area contributed by atoms with Crippen LogP contribution in [0.3, 0.4) is 0 Å². The minimum atomic E-state index is -3.30.